The van der Waals surface area contributed by atoms with Gasteiger partial charge >= 0.3 is 6.01 Å². The predicted molar refractivity (Wildman–Crippen MR) is 120 cm³/mol. The number of nitrogens with zero attached hydrogens (tertiary/aromatic N) is 4. The molecule has 1 aromatic heterocycles. The van der Waals surface area contributed by atoms with E-state index in [-0.39, 0.29) is 17.6 Å². The number of methoxy groups -OCH3 is 2. The molecule has 0 aliphatic heterocycles. The van der Waals surface area contributed by atoms with Crippen LogP contribution in [0.15, 0.2) is 78.0 Å². The highest BCUT2D eigenvalue weighted by atomic mass is 16.5. The SMILES string of the molecule is COc1cccc(-c2nc(OC)nn2-c2ccc(NC(=O)c3cccc(N=O)c3)cc2)c1. The summed E-state index contributed by atoms with van der Waals surface area (Å²) in [6.45, 7) is 0. The molecule has 1 N–H and O–H groups in total. The quantitative estimate of drug-likeness (QED) is 0.430. The van der Waals surface area contributed by atoms with Gasteiger partial charge in [0.2, 0.25) is 0 Å². The third-order valence-corrected chi connectivity index (χ3v) is 4.68. The number of ether oxygens (including phenoxy) is 2. The molecule has 4 aromatic rings. The topological polar surface area (TPSA) is 108 Å². The molecule has 4 rings (SSSR count). The monoisotopic (exact) mass is 429 g/mol. The number of carbonyl (C=O) groups is 1. The average Bonchev–Trinajstić information content (AvgIpc) is 3.29. The minimum Gasteiger partial charge on any atom is -0.497 e. The highest BCUT2D eigenvalue weighted by Gasteiger charge is 2.15. The number of rotatable bonds is 7. The fraction of sp³-hybridized carbons (Fsp3) is 0.0870. The standard InChI is InChI=1S/C23H19N5O4/c1-31-20-8-4-5-15(14-20)21-25-23(32-2)26-28(21)19-11-9-17(10-12-19)24-22(29)16-6-3-7-18(13-16)27-30/h3-14H,1-2H3,(H,24,29). The molecule has 1 amide bonds. The van der Waals surface area contributed by atoms with Gasteiger partial charge in [0.05, 0.1) is 19.9 Å². The van der Waals surface area contributed by atoms with Crippen molar-refractivity contribution < 1.29 is 14.3 Å². The number of anilines is 1. The van der Waals surface area contributed by atoms with Gasteiger partial charge in [-0.05, 0) is 59.8 Å². The molecule has 0 fully saturated rings. The molecule has 0 saturated carbocycles. The molecule has 0 aliphatic carbocycles. The van der Waals surface area contributed by atoms with Crippen LogP contribution in [0.25, 0.3) is 17.1 Å². The number of nitroso groups, excluding NO2 is 1. The number of hydrogen-bond donors (Lipinski definition) is 1. The largest absolute Gasteiger partial charge is 0.497 e. The predicted octanol–water partition coefficient (Wildman–Crippen LogP) is 4.60. The second-order valence-corrected chi connectivity index (χ2v) is 6.71. The fourth-order valence-corrected chi connectivity index (χ4v) is 3.10. The van der Waals surface area contributed by atoms with Crippen LogP contribution in [0.3, 0.4) is 0 Å². The number of aromatic nitrogens is 3. The van der Waals surface area contributed by atoms with Crippen LogP contribution in [0.2, 0.25) is 0 Å². The van der Waals surface area contributed by atoms with Gasteiger partial charge in [-0.2, -0.15) is 4.98 Å². The van der Waals surface area contributed by atoms with E-state index >= 15 is 0 Å². The molecule has 0 bridgehead atoms. The maximum atomic E-state index is 12.5. The second kappa shape index (κ2) is 9.09. The third-order valence-electron chi connectivity index (χ3n) is 4.68. The van der Waals surface area contributed by atoms with Gasteiger partial charge in [-0.25, -0.2) is 4.68 Å². The molecule has 0 spiro atoms. The van der Waals surface area contributed by atoms with E-state index in [4.69, 9.17) is 9.47 Å². The Bertz CT molecular complexity index is 1270. The van der Waals surface area contributed by atoms with E-state index in [2.05, 4.69) is 20.6 Å². The number of nitrogens with one attached hydrogen (secondary N) is 1. The molecule has 0 unspecified atom stereocenters. The summed E-state index contributed by atoms with van der Waals surface area (Å²) in [5, 5.41) is 10.1. The van der Waals surface area contributed by atoms with Crippen molar-refractivity contribution in [3.05, 3.63) is 83.3 Å². The number of hydrogen-bond acceptors (Lipinski definition) is 7. The lowest BCUT2D eigenvalue weighted by Gasteiger charge is -2.09. The van der Waals surface area contributed by atoms with E-state index in [0.29, 0.717) is 22.8 Å². The smallest absolute Gasteiger partial charge is 0.336 e. The van der Waals surface area contributed by atoms with Gasteiger partial charge in [0.15, 0.2) is 5.82 Å². The summed E-state index contributed by atoms with van der Waals surface area (Å²) >= 11 is 0. The first-order valence-corrected chi connectivity index (χ1v) is 9.62. The Kier molecular flexibility index (Phi) is 5.89. The van der Waals surface area contributed by atoms with Gasteiger partial charge in [0, 0.05) is 16.8 Å². The maximum absolute atomic E-state index is 12.5. The fourth-order valence-electron chi connectivity index (χ4n) is 3.10. The molecule has 9 heteroatoms. The second-order valence-electron chi connectivity index (χ2n) is 6.71. The van der Waals surface area contributed by atoms with Crippen LogP contribution in [-0.4, -0.2) is 34.9 Å². The lowest BCUT2D eigenvalue weighted by molar-refractivity contribution is 0.102. The third kappa shape index (κ3) is 4.31. The summed E-state index contributed by atoms with van der Waals surface area (Å²) < 4.78 is 12.2. The van der Waals surface area contributed by atoms with E-state index in [0.717, 1.165) is 11.3 Å². The summed E-state index contributed by atoms with van der Waals surface area (Å²) in [7, 11) is 3.10. The van der Waals surface area contributed by atoms with Gasteiger partial charge in [0.1, 0.15) is 11.4 Å². The Morgan fingerprint density at radius 2 is 1.75 bits per heavy atom. The number of amides is 1. The molecule has 0 radical (unpaired) electrons. The summed E-state index contributed by atoms with van der Waals surface area (Å²) in [6.07, 6.45) is 0. The van der Waals surface area contributed by atoms with Gasteiger partial charge in [-0.3, -0.25) is 4.79 Å². The molecular formula is C23H19N5O4. The van der Waals surface area contributed by atoms with Crippen LogP contribution in [0.5, 0.6) is 11.8 Å². The molecule has 0 atom stereocenters. The van der Waals surface area contributed by atoms with Crippen LogP contribution >= 0.6 is 0 Å². The molecule has 9 nitrogen and oxygen atoms in total. The highest BCUT2D eigenvalue weighted by molar-refractivity contribution is 6.04. The van der Waals surface area contributed by atoms with Crippen molar-refractivity contribution in [2.24, 2.45) is 5.18 Å². The normalized spacial score (nSPS) is 10.4. The van der Waals surface area contributed by atoms with E-state index in [1.807, 2.05) is 24.3 Å². The highest BCUT2D eigenvalue weighted by Crippen LogP contribution is 2.27. The lowest BCUT2D eigenvalue weighted by Crippen LogP contribution is -2.11. The number of carbonyl (C=O) groups excluding carboxylic acids is 1. The zero-order valence-corrected chi connectivity index (χ0v) is 17.4. The summed E-state index contributed by atoms with van der Waals surface area (Å²) in [5.41, 5.74) is 2.65. The van der Waals surface area contributed by atoms with Crippen LogP contribution in [0.1, 0.15) is 10.4 Å². The van der Waals surface area contributed by atoms with Crippen LogP contribution in [0.4, 0.5) is 11.4 Å². The molecule has 0 aliphatic rings. The van der Waals surface area contributed by atoms with Gasteiger partial charge < -0.3 is 14.8 Å². The minimum absolute atomic E-state index is 0.193. The zero-order chi connectivity index (χ0) is 22.5. The Balaban J connectivity index is 1.61. The van der Waals surface area contributed by atoms with E-state index < -0.39 is 0 Å². The van der Waals surface area contributed by atoms with Crippen molar-refractivity contribution in [1.29, 1.82) is 0 Å². The van der Waals surface area contributed by atoms with Crippen molar-refractivity contribution in [1.82, 2.24) is 14.8 Å². The minimum atomic E-state index is -0.345. The first-order valence-electron chi connectivity index (χ1n) is 9.62. The van der Waals surface area contributed by atoms with Crippen molar-refractivity contribution >= 4 is 17.3 Å². The molecule has 0 saturated heterocycles. The Labute approximate surface area is 183 Å². The molecular weight excluding hydrogens is 410 g/mol. The van der Waals surface area contributed by atoms with Crippen LogP contribution < -0.4 is 14.8 Å². The first kappa shape index (κ1) is 20.7. The number of benzene rings is 3. The van der Waals surface area contributed by atoms with Crippen molar-refractivity contribution in [3.63, 3.8) is 0 Å². The Morgan fingerprint density at radius 1 is 0.969 bits per heavy atom. The molecule has 32 heavy (non-hydrogen) atoms. The van der Waals surface area contributed by atoms with Gasteiger partial charge in [0.25, 0.3) is 5.91 Å². The lowest BCUT2D eigenvalue weighted by atomic mass is 10.2. The van der Waals surface area contributed by atoms with Crippen LogP contribution in [0, 0.1) is 4.91 Å². The zero-order valence-electron chi connectivity index (χ0n) is 17.4. The summed E-state index contributed by atoms with van der Waals surface area (Å²) in [5.74, 6) is 0.932. The molecule has 3 aromatic carbocycles. The summed E-state index contributed by atoms with van der Waals surface area (Å²) in [6, 6.07) is 21.0. The Hall–Kier alpha value is -4.53. The summed E-state index contributed by atoms with van der Waals surface area (Å²) in [4.78, 5) is 27.6. The van der Waals surface area contributed by atoms with Crippen molar-refractivity contribution in [3.8, 4) is 28.8 Å². The molecule has 1 heterocycles. The molecule has 160 valence electrons. The van der Waals surface area contributed by atoms with Crippen molar-refractivity contribution in [2.45, 2.75) is 0 Å². The first-order chi connectivity index (χ1) is 15.6. The van der Waals surface area contributed by atoms with Gasteiger partial charge in [-0.1, -0.05) is 18.2 Å². The maximum Gasteiger partial charge on any atom is 0.336 e. The van der Waals surface area contributed by atoms with Crippen molar-refractivity contribution in [2.75, 3.05) is 19.5 Å². The Morgan fingerprint density at radius 3 is 2.47 bits per heavy atom. The van der Waals surface area contributed by atoms with E-state index in [1.54, 1.807) is 48.2 Å². The average molecular weight is 429 g/mol. The van der Waals surface area contributed by atoms with Gasteiger partial charge in [-0.15, -0.1) is 10.0 Å². The van der Waals surface area contributed by atoms with E-state index in [9.17, 15) is 9.70 Å². The van der Waals surface area contributed by atoms with Crippen LogP contribution in [-0.2, 0) is 0 Å². The van der Waals surface area contributed by atoms with E-state index in [1.165, 1.54) is 19.2 Å².